The number of sulfonamides is 1. The van der Waals surface area contributed by atoms with Gasteiger partial charge in [0.15, 0.2) is 5.76 Å². The Morgan fingerprint density at radius 2 is 1.84 bits per heavy atom. The Bertz CT molecular complexity index is 1370. The van der Waals surface area contributed by atoms with E-state index >= 15 is 0 Å². The third-order valence-electron chi connectivity index (χ3n) is 5.40. The largest absolute Gasteiger partial charge is 0.439 e. The average Bonchev–Trinajstić information content (AvgIpc) is 3.31. The number of nitriles is 1. The zero-order valence-electron chi connectivity index (χ0n) is 16.2. The molecule has 3 heterocycles. The summed E-state index contributed by atoms with van der Waals surface area (Å²) in [7, 11) is -4.03. The van der Waals surface area contributed by atoms with E-state index in [0.717, 1.165) is 5.56 Å². The lowest BCUT2D eigenvalue weighted by Crippen LogP contribution is -2.39. The highest BCUT2D eigenvalue weighted by Gasteiger charge is 2.47. The van der Waals surface area contributed by atoms with E-state index in [2.05, 4.69) is 6.07 Å². The number of ether oxygens (including phenoxy) is 1. The molecule has 0 radical (unpaired) electrons. The van der Waals surface area contributed by atoms with Crippen molar-refractivity contribution in [3.05, 3.63) is 104 Å². The normalized spacial score (nSPS) is 19.3. The summed E-state index contributed by atoms with van der Waals surface area (Å²) < 4.78 is 35.2. The predicted octanol–water partition coefficient (Wildman–Crippen LogP) is 4.27. The van der Waals surface area contributed by atoms with Crippen LogP contribution in [0.4, 0.5) is 5.69 Å². The molecule has 0 saturated carbocycles. The summed E-state index contributed by atoms with van der Waals surface area (Å²) in [6.45, 7) is 0.161. The van der Waals surface area contributed by atoms with Crippen molar-refractivity contribution < 1.29 is 13.2 Å². The molecule has 1 atom stereocenters. The number of benzene rings is 2. The minimum atomic E-state index is -4.03. The monoisotopic (exact) mass is 447 g/mol. The minimum Gasteiger partial charge on any atom is -0.439 e. The number of hydrogen-bond acceptors (Lipinski definition) is 6. The fourth-order valence-corrected chi connectivity index (χ4v) is 6.60. The van der Waals surface area contributed by atoms with Gasteiger partial charge in [-0.3, -0.25) is 4.31 Å². The van der Waals surface area contributed by atoms with E-state index in [1.165, 1.54) is 15.6 Å². The van der Waals surface area contributed by atoms with E-state index in [9.17, 15) is 13.7 Å². The number of allylic oxidation sites excluding steroid dienone is 2. The molecule has 2 aromatic carbocycles. The smallest absolute Gasteiger partial charge is 0.265 e. The van der Waals surface area contributed by atoms with Crippen molar-refractivity contribution in [1.29, 1.82) is 5.26 Å². The van der Waals surface area contributed by atoms with Gasteiger partial charge in [-0.15, -0.1) is 0 Å². The van der Waals surface area contributed by atoms with Crippen LogP contribution >= 0.6 is 11.3 Å². The van der Waals surface area contributed by atoms with Gasteiger partial charge in [0.1, 0.15) is 16.5 Å². The molecule has 0 bridgehead atoms. The number of thiophene rings is 1. The quantitative estimate of drug-likeness (QED) is 0.647. The lowest BCUT2D eigenvalue weighted by atomic mass is 9.90. The van der Waals surface area contributed by atoms with E-state index in [0.29, 0.717) is 16.8 Å². The third kappa shape index (κ3) is 3.02. The van der Waals surface area contributed by atoms with Crippen LogP contribution in [0, 0.1) is 11.3 Å². The zero-order chi connectivity index (χ0) is 21.6. The Morgan fingerprint density at radius 1 is 1.10 bits per heavy atom. The standard InChI is InChI=1S/C23H17N3O3S2/c24-12-18-20(16-10-11-30-14-16)22-21(29-23(18)25)17-8-4-5-9-19(17)26(31(22,27)28)13-15-6-2-1-3-7-15/h1-11,14,20H,13,25H2/t20-/m1/s1. The van der Waals surface area contributed by atoms with E-state index in [4.69, 9.17) is 10.5 Å². The van der Waals surface area contributed by atoms with Gasteiger partial charge in [0.05, 0.1) is 18.2 Å². The van der Waals surface area contributed by atoms with Gasteiger partial charge in [0.2, 0.25) is 5.88 Å². The number of nitrogens with two attached hydrogens (primary N) is 1. The Labute approximate surface area is 184 Å². The summed E-state index contributed by atoms with van der Waals surface area (Å²) in [4.78, 5) is 0.0475. The summed E-state index contributed by atoms with van der Waals surface area (Å²) in [5.41, 5.74) is 8.88. The minimum absolute atomic E-state index is 0.0475. The van der Waals surface area contributed by atoms with Crippen molar-refractivity contribution in [1.82, 2.24) is 0 Å². The Balaban J connectivity index is 1.77. The highest BCUT2D eigenvalue weighted by Crippen LogP contribution is 2.51. The van der Waals surface area contributed by atoms with Crippen LogP contribution in [-0.2, 0) is 21.3 Å². The maximum atomic E-state index is 14.0. The van der Waals surface area contributed by atoms with Crippen LogP contribution in [0.25, 0.3) is 5.76 Å². The van der Waals surface area contributed by atoms with Crippen molar-refractivity contribution in [2.24, 2.45) is 5.73 Å². The number of nitrogens with zero attached hydrogens (tertiary/aromatic N) is 2. The first-order valence-electron chi connectivity index (χ1n) is 9.52. The van der Waals surface area contributed by atoms with Crippen molar-refractivity contribution in [3.63, 3.8) is 0 Å². The van der Waals surface area contributed by atoms with E-state index < -0.39 is 15.9 Å². The number of hydrogen-bond donors (Lipinski definition) is 1. The number of anilines is 1. The van der Waals surface area contributed by atoms with Crippen molar-refractivity contribution in [2.45, 2.75) is 12.5 Å². The maximum absolute atomic E-state index is 14.0. The molecule has 5 rings (SSSR count). The Kier molecular flexibility index (Phi) is 4.58. The second-order valence-corrected chi connectivity index (χ2v) is 9.80. The Hall–Kier alpha value is -3.54. The number of para-hydroxylation sites is 1. The molecule has 0 fully saturated rings. The SMILES string of the molecule is N#CC1=C(N)OC2=C([C@@H]1c1ccsc1)S(=O)(=O)N(Cc1ccccc1)c1ccccc12. The summed E-state index contributed by atoms with van der Waals surface area (Å²) in [5.74, 6) is -0.705. The van der Waals surface area contributed by atoms with Gasteiger partial charge in [-0.2, -0.15) is 16.6 Å². The first-order chi connectivity index (χ1) is 15.0. The molecule has 8 heteroatoms. The van der Waals surface area contributed by atoms with Gasteiger partial charge >= 0.3 is 0 Å². The van der Waals surface area contributed by atoms with E-state index in [1.54, 1.807) is 12.1 Å². The molecule has 0 spiro atoms. The fraction of sp³-hybridized carbons (Fsp3) is 0.0870. The Morgan fingerprint density at radius 3 is 2.55 bits per heavy atom. The van der Waals surface area contributed by atoms with Crippen molar-refractivity contribution in [3.8, 4) is 6.07 Å². The lowest BCUT2D eigenvalue weighted by Gasteiger charge is -2.38. The van der Waals surface area contributed by atoms with Crippen LogP contribution in [-0.4, -0.2) is 8.42 Å². The van der Waals surface area contributed by atoms with E-state index in [1.807, 2.05) is 59.3 Å². The van der Waals surface area contributed by atoms with Crippen LogP contribution in [0.3, 0.4) is 0 Å². The van der Waals surface area contributed by atoms with Crippen molar-refractivity contribution >= 4 is 32.8 Å². The van der Waals surface area contributed by atoms with Crippen molar-refractivity contribution in [2.75, 3.05) is 4.31 Å². The van der Waals surface area contributed by atoms with Crippen LogP contribution in [0.2, 0.25) is 0 Å². The molecule has 0 saturated heterocycles. The van der Waals surface area contributed by atoms with Gasteiger partial charge in [-0.1, -0.05) is 42.5 Å². The molecule has 31 heavy (non-hydrogen) atoms. The van der Waals surface area contributed by atoms with Crippen LogP contribution in [0.15, 0.2) is 87.8 Å². The molecule has 6 nitrogen and oxygen atoms in total. The molecule has 2 aliphatic rings. The van der Waals surface area contributed by atoms with Crippen LogP contribution in [0.1, 0.15) is 22.6 Å². The summed E-state index contributed by atoms with van der Waals surface area (Å²) in [5, 5.41) is 13.5. The molecular formula is C23H17N3O3S2. The molecule has 154 valence electrons. The number of rotatable bonds is 3. The second kappa shape index (κ2) is 7.30. The van der Waals surface area contributed by atoms with E-state index in [-0.39, 0.29) is 28.7 Å². The molecule has 0 aliphatic carbocycles. The molecule has 2 N–H and O–H groups in total. The summed E-state index contributed by atoms with van der Waals surface area (Å²) in [6.07, 6.45) is 0. The average molecular weight is 448 g/mol. The molecule has 1 aromatic heterocycles. The van der Waals surface area contributed by atoms with Gasteiger partial charge in [-0.25, -0.2) is 8.42 Å². The fourth-order valence-electron chi connectivity index (χ4n) is 4.00. The predicted molar refractivity (Wildman–Crippen MR) is 120 cm³/mol. The first kappa shape index (κ1) is 19.4. The topological polar surface area (TPSA) is 96.4 Å². The molecule has 0 amide bonds. The maximum Gasteiger partial charge on any atom is 0.265 e. The number of fused-ring (bicyclic) bond motifs is 2. The van der Waals surface area contributed by atoms with Gasteiger partial charge in [0, 0.05) is 5.56 Å². The highest BCUT2D eigenvalue weighted by atomic mass is 32.2. The summed E-state index contributed by atoms with van der Waals surface area (Å²) >= 11 is 1.43. The van der Waals surface area contributed by atoms with Gasteiger partial charge in [0.25, 0.3) is 10.0 Å². The molecule has 0 unspecified atom stereocenters. The van der Waals surface area contributed by atoms with Gasteiger partial charge < -0.3 is 10.5 Å². The zero-order valence-corrected chi connectivity index (χ0v) is 17.9. The van der Waals surface area contributed by atoms with Gasteiger partial charge in [-0.05, 0) is 40.1 Å². The second-order valence-electron chi connectivity index (χ2n) is 7.19. The first-order valence-corrected chi connectivity index (χ1v) is 11.9. The lowest BCUT2D eigenvalue weighted by molar-refractivity contribution is 0.357. The molecule has 3 aromatic rings. The molecule has 2 aliphatic heterocycles. The highest BCUT2D eigenvalue weighted by molar-refractivity contribution is 7.96. The van der Waals surface area contributed by atoms with Crippen LogP contribution < -0.4 is 10.0 Å². The molecular weight excluding hydrogens is 430 g/mol. The third-order valence-corrected chi connectivity index (χ3v) is 7.99. The van der Waals surface area contributed by atoms with Crippen LogP contribution in [0.5, 0.6) is 0 Å². The summed E-state index contributed by atoms with van der Waals surface area (Å²) in [6, 6.07) is 20.5.